The van der Waals surface area contributed by atoms with Crippen LogP contribution in [0.4, 0.5) is 10.1 Å². The first-order valence-electron chi connectivity index (χ1n) is 9.46. The van der Waals surface area contributed by atoms with E-state index < -0.39 is 29.6 Å². The van der Waals surface area contributed by atoms with Crippen LogP contribution in [0, 0.1) is 11.7 Å². The second-order valence-corrected chi connectivity index (χ2v) is 8.20. The van der Waals surface area contributed by atoms with E-state index in [-0.39, 0.29) is 43.4 Å². The summed E-state index contributed by atoms with van der Waals surface area (Å²) in [6, 6.07) is 7.28. The summed E-state index contributed by atoms with van der Waals surface area (Å²) >= 11 is 6.01. The molecule has 1 aliphatic rings. The molecule has 1 N–H and O–H groups in total. The molecule has 10 heteroatoms. The fraction of sp³-hybridized carbons (Fsp3) is 0.286. The van der Waals surface area contributed by atoms with Gasteiger partial charge in [-0.2, -0.15) is 0 Å². The van der Waals surface area contributed by atoms with E-state index in [2.05, 4.69) is 5.32 Å². The largest absolute Gasteiger partial charge is 0.456 e. The van der Waals surface area contributed by atoms with E-state index in [0.29, 0.717) is 5.69 Å². The monoisotopic (exact) mass is 466 g/mol. The molecule has 0 fully saturated rings. The van der Waals surface area contributed by atoms with Crippen molar-refractivity contribution >= 4 is 43.9 Å². The van der Waals surface area contributed by atoms with Crippen LogP contribution in [0.15, 0.2) is 36.4 Å². The highest BCUT2D eigenvalue weighted by molar-refractivity contribution is 7.31. The third kappa shape index (κ3) is 5.14. The summed E-state index contributed by atoms with van der Waals surface area (Å²) in [6.07, 6.45) is 0. The normalized spacial score (nSPS) is 15.0. The lowest BCUT2D eigenvalue weighted by Gasteiger charge is -2.31. The highest BCUT2D eigenvalue weighted by atomic mass is 35.5. The van der Waals surface area contributed by atoms with Gasteiger partial charge in [0.1, 0.15) is 29.9 Å². The van der Waals surface area contributed by atoms with E-state index in [1.807, 2.05) is 0 Å². The van der Waals surface area contributed by atoms with Gasteiger partial charge in [0.25, 0.3) is 5.91 Å². The number of carbonyl (C=O) groups excluding carboxylic acids is 3. The molecule has 2 atom stereocenters. The predicted octanol–water partition coefficient (Wildman–Crippen LogP) is 4.46. The molecule has 2 aromatic carbocycles. The van der Waals surface area contributed by atoms with E-state index in [0.717, 1.165) is 6.07 Å². The van der Waals surface area contributed by atoms with Gasteiger partial charge in [-0.1, -0.05) is 25.4 Å². The van der Waals surface area contributed by atoms with Crippen LogP contribution in [0.3, 0.4) is 0 Å². The Hall–Kier alpha value is -2.70. The van der Waals surface area contributed by atoms with Crippen molar-refractivity contribution in [2.45, 2.75) is 19.9 Å². The standard InChI is InChI=1S/C21H21ClFN2O5P/c1-11(2)19(21(28)30-31-3)25-10-18(26)24-16-6-5-13(9-14(16)20(25)27)29-17-7-4-12(23)8-15(17)22/h4-9,11,19,31H,10H2,1-3H3,(H,24,26). The van der Waals surface area contributed by atoms with Crippen LogP contribution in [0.2, 0.25) is 5.02 Å². The molecule has 0 aromatic heterocycles. The summed E-state index contributed by atoms with van der Waals surface area (Å²) < 4.78 is 24.1. The van der Waals surface area contributed by atoms with Crippen molar-refractivity contribution in [1.29, 1.82) is 0 Å². The first-order valence-corrected chi connectivity index (χ1v) is 11.2. The number of benzene rings is 2. The summed E-state index contributed by atoms with van der Waals surface area (Å²) in [4.78, 5) is 39.5. The zero-order chi connectivity index (χ0) is 22.7. The summed E-state index contributed by atoms with van der Waals surface area (Å²) in [5, 5.41) is 2.74. The van der Waals surface area contributed by atoms with Gasteiger partial charge in [0.05, 0.1) is 25.1 Å². The van der Waals surface area contributed by atoms with Gasteiger partial charge < -0.3 is 19.5 Å². The number of amides is 2. The minimum Gasteiger partial charge on any atom is -0.456 e. The number of nitrogens with one attached hydrogen (secondary N) is 1. The van der Waals surface area contributed by atoms with Crippen LogP contribution >= 0.6 is 20.4 Å². The highest BCUT2D eigenvalue weighted by Crippen LogP contribution is 2.33. The molecular formula is C21H21ClFN2O5P. The molecule has 0 spiro atoms. The molecule has 1 heterocycles. The number of nitrogens with zero attached hydrogens (tertiary/aromatic N) is 1. The number of carbonyl (C=O) groups is 3. The Labute approximate surface area is 185 Å². The summed E-state index contributed by atoms with van der Waals surface area (Å²) in [7, 11) is -0.0823. The summed E-state index contributed by atoms with van der Waals surface area (Å²) in [5.74, 6) is -1.83. The van der Waals surface area contributed by atoms with Crippen molar-refractivity contribution < 1.29 is 28.0 Å². The Kier molecular flexibility index (Phi) is 7.13. The second kappa shape index (κ2) is 9.62. The Morgan fingerprint density at radius 3 is 2.61 bits per heavy atom. The molecule has 0 radical (unpaired) electrons. The van der Waals surface area contributed by atoms with Gasteiger partial charge in [-0.05, 0) is 49.0 Å². The Bertz CT molecular complexity index is 1030. The maximum atomic E-state index is 13.4. The van der Waals surface area contributed by atoms with Gasteiger partial charge in [-0.15, -0.1) is 0 Å². The Morgan fingerprint density at radius 1 is 1.23 bits per heavy atom. The molecule has 2 unspecified atom stereocenters. The van der Waals surface area contributed by atoms with Crippen LogP contribution in [0.25, 0.3) is 0 Å². The number of anilines is 1. The van der Waals surface area contributed by atoms with Crippen LogP contribution in [-0.4, -0.2) is 41.9 Å². The van der Waals surface area contributed by atoms with Crippen molar-refractivity contribution in [2.24, 2.45) is 5.92 Å². The van der Waals surface area contributed by atoms with E-state index >= 15 is 0 Å². The Morgan fingerprint density at radius 2 is 1.97 bits per heavy atom. The van der Waals surface area contributed by atoms with Gasteiger partial charge in [0.15, 0.2) is 0 Å². The molecule has 0 bridgehead atoms. The van der Waals surface area contributed by atoms with E-state index in [4.69, 9.17) is 20.9 Å². The third-order valence-corrected chi connectivity index (χ3v) is 5.30. The van der Waals surface area contributed by atoms with Gasteiger partial charge >= 0.3 is 5.97 Å². The molecule has 164 valence electrons. The minimum absolute atomic E-state index is 0.0687. The lowest BCUT2D eigenvalue weighted by atomic mass is 10.0. The van der Waals surface area contributed by atoms with E-state index in [1.165, 1.54) is 29.2 Å². The van der Waals surface area contributed by atoms with Gasteiger partial charge in [0.2, 0.25) is 5.91 Å². The summed E-state index contributed by atoms with van der Waals surface area (Å²) in [6.45, 7) is 4.96. The van der Waals surface area contributed by atoms with Crippen molar-refractivity contribution in [1.82, 2.24) is 4.90 Å². The molecule has 2 amide bonds. The van der Waals surface area contributed by atoms with Crippen molar-refractivity contribution in [3.63, 3.8) is 0 Å². The maximum absolute atomic E-state index is 13.4. The fourth-order valence-electron chi connectivity index (χ4n) is 3.27. The Balaban J connectivity index is 1.98. The second-order valence-electron chi connectivity index (χ2n) is 7.18. The molecule has 7 nitrogen and oxygen atoms in total. The van der Waals surface area contributed by atoms with E-state index in [9.17, 15) is 18.8 Å². The first kappa shape index (κ1) is 23.0. The average molecular weight is 467 g/mol. The number of ether oxygens (including phenoxy) is 1. The number of rotatable bonds is 6. The van der Waals surface area contributed by atoms with Crippen molar-refractivity contribution in [3.05, 3.63) is 52.8 Å². The molecule has 31 heavy (non-hydrogen) atoms. The SMILES string of the molecule is CPOC(=O)C(C(C)C)N1CC(=O)Nc2ccc(Oc3ccc(F)cc3Cl)cc2C1=O. The molecule has 0 aliphatic carbocycles. The van der Waals surface area contributed by atoms with E-state index in [1.54, 1.807) is 26.6 Å². The molecule has 0 saturated carbocycles. The molecular weight excluding hydrogens is 446 g/mol. The quantitative estimate of drug-likeness (QED) is 0.635. The molecule has 0 saturated heterocycles. The lowest BCUT2D eigenvalue weighted by molar-refractivity contribution is -0.140. The number of hydrogen-bond donors (Lipinski definition) is 1. The minimum atomic E-state index is -0.923. The fourth-order valence-corrected chi connectivity index (χ4v) is 3.80. The van der Waals surface area contributed by atoms with Crippen molar-refractivity contribution in [3.8, 4) is 11.5 Å². The number of hydrogen-bond acceptors (Lipinski definition) is 5. The van der Waals surface area contributed by atoms with Crippen LogP contribution in [-0.2, 0) is 14.1 Å². The number of halogens is 2. The predicted molar refractivity (Wildman–Crippen MR) is 117 cm³/mol. The summed E-state index contributed by atoms with van der Waals surface area (Å²) in [5.41, 5.74) is 0.447. The van der Waals surface area contributed by atoms with Crippen molar-refractivity contribution in [2.75, 3.05) is 18.5 Å². The van der Waals surface area contributed by atoms with Crippen LogP contribution in [0.1, 0.15) is 24.2 Å². The average Bonchev–Trinajstić information content (AvgIpc) is 2.81. The zero-order valence-corrected chi connectivity index (χ0v) is 18.8. The topological polar surface area (TPSA) is 84.9 Å². The van der Waals surface area contributed by atoms with Crippen LogP contribution in [0.5, 0.6) is 11.5 Å². The lowest BCUT2D eigenvalue weighted by Crippen LogP contribution is -2.50. The van der Waals surface area contributed by atoms with Crippen LogP contribution < -0.4 is 10.1 Å². The first-order chi connectivity index (χ1) is 14.7. The molecule has 3 rings (SSSR count). The molecule has 1 aliphatic heterocycles. The van der Waals surface area contributed by atoms with Gasteiger partial charge in [-0.25, -0.2) is 9.18 Å². The number of fused-ring (bicyclic) bond motifs is 1. The highest BCUT2D eigenvalue weighted by Gasteiger charge is 2.38. The molecule has 2 aromatic rings. The van der Waals surface area contributed by atoms with Gasteiger partial charge in [-0.3, -0.25) is 9.59 Å². The smallest absolute Gasteiger partial charge is 0.331 e. The third-order valence-electron chi connectivity index (χ3n) is 4.60. The maximum Gasteiger partial charge on any atom is 0.331 e. The van der Waals surface area contributed by atoms with Gasteiger partial charge in [0, 0.05) is 0 Å². The zero-order valence-electron chi connectivity index (χ0n) is 17.1.